The molecule has 126 valence electrons. The van der Waals surface area contributed by atoms with E-state index in [0.29, 0.717) is 24.2 Å². The largest absolute Gasteiger partial charge is 0.476 e. The van der Waals surface area contributed by atoms with Gasteiger partial charge in [-0.1, -0.05) is 30.3 Å². The number of carbonyl (C=O) groups excluding carboxylic acids is 1. The van der Waals surface area contributed by atoms with Gasteiger partial charge in [-0.25, -0.2) is 4.79 Å². The van der Waals surface area contributed by atoms with Crippen molar-refractivity contribution in [3.8, 4) is 0 Å². The van der Waals surface area contributed by atoms with Gasteiger partial charge in [-0.2, -0.15) is 5.10 Å². The Bertz CT molecular complexity index is 780. The summed E-state index contributed by atoms with van der Waals surface area (Å²) in [6, 6.07) is 9.94. The highest BCUT2D eigenvalue weighted by atomic mass is 16.4. The number of hydrogen-bond acceptors (Lipinski definition) is 3. The molecule has 0 spiro atoms. The molecule has 0 radical (unpaired) electrons. The highest BCUT2D eigenvalue weighted by Gasteiger charge is 2.37. The average Bonchev–Trinajstić information content (AvgIpc) is 2.89. The van der Waals surface area contributed by atoms with Gasteiger partial charge in [-0.05, 0) is 32.8 Å². The van der Waals surface area contributed by atoms with Crippen LogP contribution in [0.1, 0.15) is 52.0 Å². The first-order valence-corrected chi connectivity index (χ1v) is 8.07. The van der Waals surface area contributed by atoms with Crippen molar-refractivity contribution in [1.29, 1.82) is 0 Å². The Balaban J connectivity index is 2.07. The van der Waals surface area contributed by atoms with E-state index < -0.39 is 5.97 Å². The average molecular weight is 327 g/mol. The Kier molecular flexibility index (Phi) is 4.13. The molecule has 1 aromatic carbocycles. The van der Waals surface area contributed by atoms with Crippen LogP contribution in [0.4, 0.5) is 0 Å². The van der Waals surface area contributed by atoms with Crippen molar-refractivity contribution in [3.05, 3.63) is 52.8 Å². The van der Waals surface area contributed by atoms with Crippen molar-refractivity contribution >= 4 is 11.9 Å². The third-order valence-corrected chi connectivity index (χ3v) is 4.50. The molecule has 24 heavy (non-hydrogen) atoms. The topological polar surface area (TPSA) is 75.4 Å². The van der Waals surface area contributed by atoms with Crippen molar-refractivity contribution in [2.24, 2.45) is 0 Å². The molecule has 0 bridgehead atoms. The highest BCUT2D eigenvalue weighted by Crippen LogP contribution is 2.29. The van der Waals surface area contributed by atoms with Gasteiger partial charge in [0, 0.05) is 18.2 Å². The van der Waals surface area contributed by atoms with Crippen molar-refractivity contribution in [3.63, 3.8) is 0 Å². The third-order valence-electron chi connectivity index (χ3n) is 4.50. The summed E-state index contributed by atoms with van der Waals surface area (Å²) < 4.78 is 1.62. The molecule has 2 aromatic rings. The molecule has 1 aliphatic rings. The first-order valence-electron chi connectivity index (χ1n) is 8.07. The Labute approximate surface area is 140 Å². The molecule has 1 N–H and O–H groups in total. The number of carbonyl (C=O) groups is 2. The summed E-state index contributed by atoms with van der Waals surface area (Å²) >= 11 is 0. The summed E-state index contributed by atoms with van der Waals surface area (Å²) in [5.41, 5.74) is 1.93. The van der Waals surface area contributed by atoms with Gasteiger partial charge in [0.2, 0.25) is 0 Å². The van der Waals surface area contributed by atoms with Crippen LogP contribution in [-0.2, 0) is 6.42 Å². The lowest BCUT2D eigenvalue weighted by Crippen LogP contribution is -2.47. The van der Waals surface area contributed by atoms with Gasteiger partial charge in [0.05, 0.1) is 6.04 Å². The quantitative estimate of drug-likeness (QED) is 0.936. The number of rotatable bonds is 4. The Morgan fingerprint density at radius 1 is 1.33 bits per heavy atom. The summed E-state index contributed by atoms with van der Waals surface area (Å²) in [4.78, 5) is 26.0. The van der Waals surface area contributed by atoms with Crippen LogP contribution < -0.4 is 0 Å². The van der Waals surface area contributed by atoms with Crippen molar-refractivity contribution in [1.82, 2.24) is 14.7 Å². The molecule has 1 amide bonds. The molecular weight excluding hydrogens is 306 g/mol. The zero-order valence-electron chi connectivity index (χ0n) is 14.1. The zero-order valence-corrected chi connectivity index (χ0v) is 14.1. The van der Waals surface area contributed by atoms with E-state index in [1.165, 1.54) is 0 Å². The number of aromatic carboxylic acids is 1. The number of nitrogens with zero attached hydrogens (tertiary/aromatic N) is 3. The predicted octanol–water partition coefficient (Wildman–Crippen LogP) is 2.54. The lowest BCUT2D eigenvalue weighted by Gasteiger charge is -2.36. The molecule has 0 aliphatic carbocycles. The van der Waals surface area contributed by atoms with Gasteiger partial charge in [-0.3, -0.25) is 9.48 Å². The van der Waals surface area contributed by atoms with Gasteiger partial charge in [0.1, 0.15) is 5.69 Å². The number of carboxylic acids is 1. The van der Waals surface area contributed by atoms with Gasteiger partial charge in [0.15, 0.2) is 5.69 Å². The van der Waals surface area contributed by atoms with E-state index in [1.807, 2.05) is 44.2 Å². The van der Waals surface area contributed by atoms with Crippen LogP contribution in [0.25, 0.3) is 0 Å². The predicted molar refractivity (Wildman–Crippen MR) is 89.3 cm³/mol. The number of benzene rings is 1. The minimum Gasteiger partial charge on any atom is -0.476 e. The number of aromatic nitrogens is 2. The van der Waals surface area contributed by atoms with Crippen LogP contribution >= 0.6 is 0 Å². The number of hydrogen-bond donors (Lipinski definition) is 1. The summed E-state index contributed by atoms with van der Waals surface area (Å²) in [6.45, 7) is 6.12. The van der Waals surface area contributed by atoms with E-state index >= 15 is 0 Å². The SMILES string of the molecule is Cc1c(C(=O)O)nn2c1C(=O)N(C(C)C)CC2Cc1ccccc1. The number of amides is 1. The number of carboxylic acid groups (broad SMARTS) is 1. The second-order valence-corrected chi connectivity index (χ2v) is 6.47. The molecule has 1 aromatic heterocycles. The lowest BCUT2D eigenvalue weighted by molar-refractivity contribution is 0.0589. The Morgan fingerprint density at radius 2 is 2.00 bits per heavy atom. The first-order chi connectivity index (χ1) is 11.4. The minimum atomic E-state index is -1.10. The van der Waals surface area contributed by atoms with Crippen LogP contribution in [0.5, 0.6) is 0 Å². The maximum atomic E-state index is 12.8. The molecule has 1 aliphatic heterocycles. The molecule has 2 heterocycles. The maximum absolute atomic E-state index is 12.8. The molecule has 0 saturated heterocycles. The minimum absolute atomic E-state index is 0.0398. The van der Waals surface area contributed by atoms with E-state index in [4.69, 9.17) is 0 Å². The molecule has 0 fully saturated rings. The van der Waals surface area contributed by atoms with Crippen molar-refractivity contribution in [2.45, 2.75) is 39.3 Å². The molecular formula is C18H21N3O3. The van der Waals surface area contributed by atoms with E-state index in [0.717, 1.165) is 5.56 Å². The van der Waals surface area contributed by atoms with Gasteiger partial charge < -0.3 is 10.0 Å². The second-order valence-electron chi connectivity index (χ2n) is 6.47. The summed E-state index contributed by atoms with van der Waals surface area (Å²) in [5, 5.41) is 13.6. The second kappa shape index (κ2) is 6.11. The van der Waals surface area contributed by atoms with E-state index in [-0.39, 0.29) is 23.7 Å². The fourth-order valence-corrected chi connectivity index (χ4v) is 3.25. The maximum Gasteiger partial charge on any atom is 0.356 e. The summed E-state index contributed by atoms with van der Waals surface area (Å²) in [7, 11) is 0. The van der Waals surface area contributed by atoms with Crippen molar-refractivity contribution in [2.75, 3.05) is 6.54 Å². The van der Waals surface area contributed by atoms with Crippen LogP contribution in [0.15, 0.2) is 30.3 Å². The van der Waals surface area contributed by atoms with Crippen LogP contribution in [0.3, 0.4) is 0 Å². The van der Waals surface area contributed by atoms with Gasteiger partial charge >= 0.3 is 5.97 Å². The van der Waals surface area contributed by atoms with Crippen LogP contribution in [0.2, 0.25) is 0 Å². The fourth-order valence-electron chi connectivity index (χ4n) is 3.25. The lowest BCUT2D eigenvalue weighted by atomic mass is 10.0. The zero-order chi connectivity index (χ0) is 17.4. The molecule has 0 saturated carbocycles. The van der Waals surface area contributed by atoms with Gasteiger partial charge in [0.25, 0.3) is 5.91 Å². The van der Waals surface area contributed by atoms with E-state index in [1.54, 1.807) is 16.5 Å². The van der Waals surface area contributed by atoms with E-state index in [2.05, 4.69) is 5.10 Å². The highest BCUT2D eigenvalue weighted by molar-refractivity contribution is 5.98. The van der Waals surface area contributed by atoms with Crippen molar-refractivity contribution < 1.29 is 14.7 Å². The Hall–Kier alpha value is -2.63. The molecule has 1 unspecified atom stereocenters. The monoisotopic (exact) mass is 327 g/mol. The normalized spacial score (nSPS) is 17.2. The molecule has 1 atom stereocenters. The summed E-state index contributed by atoms with van der Waals surface area (Å²) in [6.07, 6.45) is 0.699. The fraction of sp³-hybridized carbons (Fsp3) is 0.389. The van der Waals surface area contributed by atoms with Crippen LogP contribution in [-0.4, -0.2) is 44.3 Å². The third kappa shape index (κ3) is 2.68. The first kappa shape index (κ1) is 16.2. The molecule has 6 nitrogen and oxygen atoms in total. The standard InChI is InChI=1S/C18H21N3O3/c1-11(2)20-10-14(9-13-7-5-4-6-8-13)21-16(17(20)22)12(3)15(19-21)18(23)24/h4-8,11,14H,9-10H2,1-3H3,(H,23,24). The van der Waals surface area contributed by atoms with E-state index in [9.17, 15) is 14.7 Å². The summed E-state index contributed by atoms with van der Waals surface area (Å²) in [5.74, 6) is -1.25. The van der Waals surface area contributed by atoms with Crippen LogP contribution in [0, 0.1) is 6.92 Å². The van der Waals surface area contributed by atoms with Gasteiger partial charge in [-0.15, -0.1) is 0 Å². The molecule has 3 rings (SSSR count). The smallest absolute Gasteiger partial charge is 0.356 e. The Morgan fingerprint density at radius 3 is 2.58 bits per heavy atom. The molecule has 6 heteroatoms. The number of fused-ring (bicyclic) bond motifs is 1.